The van der Waals surface area contributed by atoms with E-state index in [9.17, 15) is 0 Å². The summed E-state index contributed by atoms with van der Waals surface area (Å²) in [5.41, 5.74) is 6.16. The summed E-state index contributed by atoms with van der Waals surface area (Å²) in [7, 11) is 0. The summed E-state index contributed by atoms with van der Waals surface area (Å²) in [6.07, 6.45) is 6.53. The molecule has 0 aromatic heterocycles. The Hall–Kier alpha value is -0.0400. The second-order valence-corrected chi connectivity index (χ2v) is 7.94. The van der Waals surface area contributed by atoms with E-state index in [0.717, 1.165) is 30.2 Å². The Morgan fingerprint density at radius 3 is 1.79 bits per heavy atom. The topological polar surface area (TPSA) is 26.0 Å². The molecule has 0 bridgehead atoms. The van der Waals surface area contributed by atoms with Crippen LogP contribution >= 0.6 is 0 Å². The lowest BCUT2D eigenvalue weighted by molar-refractivity contribution is 0.210. The third kappa shape index (κ3) is 8.68. The molecule has 0 saturated heterocycles. The first-order valence-corrected chi connectivity index (χ1v) is 8.41. The fraction of sp³-hybridized carbons (Fsp3) is 1.00. The lowest BCUT2D eigenvalue weighted by Crippen LogP contribution is -2.20. The molecule has 2 N–H and O–H groups in total. The van der Waals surface area contributed by atoms with Crippen molar-refractivity contribution in [2.75, 3.05) is 6.54 Å². The predicted octanol–water partition coefficient (Wildman–Crippen LogP) is 5.49. The molecular formula is C18H39N. The molecule has 116 valence electrons. The second-order valence-electron chi connectivity index (χ2n) is 7.94. The molecule has 0 amide bonds. The largest absolute Gasteiger partial charge is 0.330 e. The first kappa shape index (κ1) is 19.0. The van der Waals surface area contributed by atoms with Crippen LogP contribution in [0.5, 0.6) is 0 Å². The summed E-state index contributed by atoms with van der Waals surface area (Å²) in [4.78, 5) is 0. The average Bonchev–Trinajstić information content (AvgIpc) is 2.28. The third-order valence-electron chi connectivity index (χ3n) is 5.04. The van der Waals surface area contributed by atoms with Gasteiger partial charge in [-0.05, 0) is 61.3 Å². The minimum absolute atomic E-state index is 0.509. The molecule has 0 fully saturated rings. The Labute approximate surface area is 122 Å². The maximum Gasteiger partial charge on any atom is -0.00747 e. The number of nitrogens with two attached hydrogens (primary N) is 1. The van der Waals surface area contributed by atoms with Crippen LogP contribution in [0.4, 0.5) is 0 Å². The van der Waals surface area contributed by atoms with Gasteiger partial charge in [0, 0.05) is 0 Å². The Morgan fingerprint density at radius 2 is 1.37 bits per heavy atom. The summed E-state index contributed by atoms with van der Waals surface area (Å²) in [6.45, 7) is 17.6. The smallest absolute Gasteiger partial charge is 0.00747 e. The zero-order valence-corrected chi connectivity index (χ0v) is 14.6. The Morgan fingerprint density at radius 1 is 0.895 bits per heavy atom. The lowest BCUT2D eigenvalue weighted by atomic mass is 9.76. The second kappa shape index (κ2) is 9.00. The highest BCUT2D eigenvalue weighted by Gasteiger charge is 2.22. The molecular weight excluding hydrogens is 230 g/mol. The highest BCUT2D eigenvalue weighted by atomic mass is 14.5. The van der Waals surface area contributed by atoms with Gasteiger partial charge in [0.1, 0.15) is 0 Å². The molecule has 19 heavy (non-hydrogen) atoms. The van der Waals surface area contributed by atoms with Gasteiger partial charge >= 0.3 is 0 Å². The van der Waals surface area contributed by atoms with Crippen LogP contribution in [-0.4, -0.2) is 6.54 Å². The summed E-state index contributed by atoms with van der Waals surface area (Å²) >= 11 is 0. The lowest BCUT2D eigenvalue weighted by Gasteiger charge is -2.30. The van der Waals surface area contributed by atoms with Gasteiger partial charge in [-0.3, -0.25) is 0 Å². The monoisotopic (exact) mass is 269 g/mol. The van der Waals surface area contributed by atoms with Crippen molar-refractivity contribution < 1.29 is 0 Å². The normalized spacial score (nSPS) is 18.9. The molecule has 1 heteroatoms. The van der Waals surface area contributed by atoms with Crippen molar-refractivity contribution in [3.05, 3.63) is 0 Å². The highest BCUT2D eigenvalue weighted by molar-refractivity contribution is 4.74. The SMILES string of the molecule is CCC(C)(C)CC(C)CC(C)C(C)CC(C)CCN. The standard InChI is InChI=1S/C18H39N/c1-8-18(6,7)13-15(3)12-17(5)16(4)11-14(2)9-10-19/h14-17H,8-13,19H2,1-7H3. The van der Waals surface area contributed by atoms with Gasteiger partial charge in [-0.1, -0.05) is 54.9 Å². The zero-order valence-electron chi connectivity index (χ0n) is 14.6. The van der Waals surface area contributed by atoms with E-state index in [2.05, 4.69) is 48.5 Å². The zero-order chi connectivity index (χ0) is 15.1. The van der Waals surface area contributed by atoms with E-state index in [-0.39, 0.29) is 0 Å². The average molecular weight is 270 g/mol. The molecule has 0 radical (unpaired) electrons. The molecule has 4 unspecified atom stereocenters. The Kier molecular flexibility index (Phi) is 8.98. The van der Waals surface area contributed by atoms with Crippen LogP contribution in [0.1, 0.15) is 80.6 Å². The molecule has 0 aliphatic heterocycles. The molecule has 0 aliphatic carbocycles. The van der Waals surface area contributed by atoms with Gasteiger partial charge in [0.2, 0.25) is 0 Å². The molecule has 0 aromatic rings. The highest BCUT2D eigenvalue weighted by Crippen LogP contribution is 2.34. The molecule has 1 nitrogen and oxygen atoms in total. The van der Waals surface area contributed by atoms with E-state index in [1.807, 2.05) is 0 Å². The fourth-order valence-corrected chi connectivity index (χ4v) is 3.31. The Balaban J connectivity index is 4.10. The maximum atomic E-state index is 5.65. The van der Waals surface area contributed by atoms with Crippen molar-refractivity contribution in [2.45, 2.75) is 80.6 Å². The van der Waals surface area contributed by atoms with Crippen molar-refractivity contribution in [3.63, 3.8) is 0 Å². The van der Waals surface area contributed by atoms with E-state index in [1.54, 1.807) is 0 Å². The van der Waals surface area contributed by atoms with E-state index < -0.39 is 0 Å². The van der Waals surface area contributed by atoms with Crippen LogP contribution in [-0.2, 0) is 0 Å². The molecule has 0 aromatic carbocycles. The van der Waals surface area contributed by atoms with Crippen molar-refractivity contribution in [1.29, 1.82) is 0 Å². The van der Waals surface area contributed by atoms with Gasteiger partial charge in [0.25, 0.3) is 0 Å². The number of rotatable bonds is 10. The van der Waals surface area contributed by atoms with Gasteiger partial charge in [-0.2, -0.15) is 0 Å². The molecule has 0 aliphatic rings. The molecule has 0 spiro atoms. The van der Waals surface area contributed by atoms with Crippen LogP contribution < -0.4 is 5.73 Å². The summed E-state index contributed by atoms with van der Waals surface area (Å²) in [6, 6.07) is 0. The molecule has 0 heterocycles. The first-order valence-electron chi connectivity index (χ1n) is 8.41. The Bertz CT molecular complexity index is 222. The van der Waals surface area contributed by atoms with Gasteiger partial charge < -0.3 is 5.73 Å². The van der Waals surface area contributed by atoms with Gasteiger partial charge in [-0.25, -0.2) is 0 Å². The van der Waals surface area contributed by atoms with Crippen LogP contribution in [0, 0.1) is 29.1 Å². The van der Waals surface area contributed by atoms with Crippen molar-refractivity contribution >= 4 is 0 Å². The summed E-state index contributed by atoms with van der Waals surface area (Å²) in [5, 5.41) is 0. The van der Waals surface area contributed by atoms with Crippen molar-refractivity contribution in [3.8, 4) is 0 Å². The van der Waals surface area contributed by atoms with Gasteiger partial charge in [0.15, 0.2) is 0 Å². The number of hydrogen-bond donors (Lipinski definition) is 1. The van der Waals surface area contributed by atoms with Crippen LogP contribution in [0.25, 0.3) is 0 Å². The summed E-state index contributed by atoms with van der Waals surface area (Å²) < 4.78 is 0. The van der Waals surface area contributed by atoms with Crippen LogP contribution in [0.15, 0.2) is 0 Å². The van der Waals surface area contributed by atoms with Gasteiger partial charge in [-0.15, -0.1) is 0 Å². The molecule has 0 saturated carbocycles. The quantitative estimate of drug-likeness (QED) is 0.558. The third-order valence-corrected chi connectivity index (χ3v) is 5.04. The minimum Gasteiger partial charge on any atom is -0.330 e. The minimum atomic E-state index is 0.509. The van der Waals surface area contributed by atoms with E-state index >= 15 is 0 Å². The predicted molar refractivity (Wildman–Crippen MR) is 88.3 cm³/mol. The number of hydrogen-bond acceptors (Lipinski definition) is 1. The maximum absolute atomic E-state index is 5.65. The van der Waals surface area contributed by atoms with E-state index in [4.69, 9.17) is 5.73 Å². The van der Waals surface area contributed by atoms with Gasteiger partial charge in [0.05, 0.1) is 0 Å². The van der Waals surface area contributed by atoms with Crippen molar-refractivity contribution in [1.82, 2.24) is 0 Å². The summed E-state index contributed by atoms with van der Waals surface area (Å²) in [5.74, 6) is 3.29. The first-order chi connectivity index (χ1) is 8.71. The van der Waals surface area contributed by atoms with E-state index in [1.165, 1.54) is 32.1 Å². The molecule has 4 atom stereocenters. The fourth-order valence-electron chi connectivity index (χ4n) is 3.31. The van der Waals surface area contributed by atoms with E-state index in [0.29, 0.717) is 5.41 Å². The molecule has 0 rings (SSSR count). The van der Waals surface area contributed by atoms with Crippen molar-refractivity contribution in [2.24, 2.45) is 34.8 Å². The van der Waals surface area contributed by atoms with Crippen LogP contribution in [0.3, 0.4) is 0 Å². The van der Waals surface area contributed by atoms with Crippen LogP contribution in [0.2, 0.25) is 0 Å².